The first-order valence-electron chi connectivity index (χ1n) is 9.30. The van der Waals surface area contributed by atoms with Gasteiger partial charge in [0, 0.05) is 17.8 Å². The van der Waals surface area contributed by atoms with E-state index in [4.69, 9.17) is 0 Å². The second kappa shape index (κ2) is 8.27. The molecule has 0 aliphatic rings. The first-order chi connectivity index (χ1) is 15.2. The molecule has 4 aromatic rings. The van der Waals surface area contributed by atoms with Gasteiger partial charge in [0.15, 0.2) is 0 Å². The highest BCUT2D eigenvalue weighted by molar-refractivity contribution is 7.98. The molecule has 0 radical (unpaired) electrons. The van der Waals surface area contributed by atoms with Crippen molar-refractivity contribution in [2.24, 2.45) is 0 Å². The van der Waals surface area contributed by atoms with Gasteiger partial charge in [-0.25, -0.2) is 18.7 Å². The summed E-state index contributed by atoms with van der Waals surface area (Å²) >= 11 is 1.44. The fourth-order valence-corrected chi connectivity index (χ4v) is 3.74. The Labute approximate surface area is 183 Å². The van der Waals surface area contributed by atoms with E-state index in [9.17, 15) is 27.5 Å². The summed E-state index contributed by atoms with van der Waals surface area (Å²) in [5.41, 5.74) is -2.21. The van der Waals surface area contributed by atoms with Crippen LogP contribution in [-0.2, 0) is 12.7 Å². The highest BCUT2D eigenvalue weighted by Gasteiger charge is 2.32. The summed E-state index contributed by atoms with van der Waals surface area (Å²) in [7, 11) is 0. The molecular formula is C22H15F4N3O2S. The Morgan fingerprint density at radius 3 is 2.59 bits per heavy atom. The second-order valence-electron chi connectivity index (χ2n) is 6.94. The normalized spacial score (nSPS) is 11.8. The van der Waals surface area contributed by atoms with Crippen molar-refractivity contribution < 1.29 is 27.2 Å². The van der Waals surface area contributed by atoms with Crippen molar-refractivity contribution in [3.63, 3.8) is 0 Å². The third kappa shape index (κ3) is 4.05. The lowest BCUT2D eigenvalue weighted by Crippen LogP contribution is -2.44. The molecule has 0 saturated heterocycles. The molecule has 0 fully saturated rings. The van der Waals surface area contributed by atoms with E-state index in [2.05, 4.69) is 4.98 Å². The predicted molar refractivity (Wildman–Crippen MR) is 109 cm³/mol. The predicted octanol–water partition coefficient (Wildman–Crippen LogP) is 3.65. The van der Waals surface area contributed by atoms with Crippen LogP contribution in [0.15, 0.2) is 70.7 Å². The fourth-order valence-electron chi connectivity index (χ4n) is 3.38. The van der Waals surface area contributed by atoms with Crippen LogP contribution in [0.2, 0.25) is 0 Å². The van der Waals surface area contributed by atoms with Crippen LogP contribution in [0.1, 0.15) is 11.1 Å². The van der Waals surface area contributed by atoms with Crippen molar-refractivity contribution in [2.75, 3.05) is 6.26 Å². The lowest BCUT2D eigenvalue weighted by atomic mass is 10.0. The minimum atomic E-state index is -4.84. The van der Waals surface area contributed by atoms with Crippen LogP contribution in [-0.4, -0.2) is 15.6 Å². The first kappa shape index (κ1) is 21.8. The maximum absolute atomic E-state index is 14.0. The minimum absolute atomic E-state index is 0.0166. The van der Waals surface area contributed by atoms with Gasteiger partial charge >= 0.3 is 11.7 Å². The molecule has 0 unspecified atom stereocenters. The van der Waals surface area contributed by atoms with Crippen molar-refractivity contribution in [3.8, 4) is 17.0 Å². The first-order valence-corrected chi connectivity index (χ1v) is 10.5. The number of rotatable bonds is 4. The molecular weight excluding hydrogens is 446 g/mol. The maximum Gasteiger partial charge on any atom is 0.416 e. The molecule has 0 amide bonds. The summed E-state index contributed by atoms with van der Waals surface area (Å²) in [4.78, 5) is 17.3. The third-order valence-corrected chi connectivity index (χ3v) is 5.53. The molecule has 3 aromatic heterocycles. The molecule has 3 heterocycles. The molecule has 32 heavy (non-hydrogen) atoms. The van der Waals surface area contributed by atoms with Crippen molar-refractivity contribution in [2.45, 2.75) is 17.7 Å². The van der Waals surface area contributed by atoms with Crippen LogP contribution in [0, 0.1) is 5.82 Å². The summed E-state index contributed by atoms with van der Waals surface area (Å²) < 4.78 is 56.0. The van der Waals surface area contributed by atoms with Crippen LogP contribution in [0.3, 0.4) is 0 Å². The number of thioether (sulfide) groups is 1. The molecule has 5 nitrogen and oxygen atoms in total. The molecule has 0 saturated carbocycles. The second-order valence-corrected chi connectivity index (χ2v) is 7.76. The summed E-state index contributed by atoms with van der Waals surface area (Å²) in [6, 6.07) is 9.93. The third-order valence-electron chi connectivity index (χ3n) is 4.87. The topological polar surface area (TPSA) is 61.3 Å². The molecule has 1 aromatic carbocycles. The number of pyridine rings is 2. The van der Waals surface area contributed by atoms with Gasteiger partial charge in [0.05, 0.1) is 22.7 Å². The van der Waals surface area contributed by atoms with Gasteiger partial charge in [0.1, 0.15) is 17.9 Å². The van der Waals surface area contributed by atoms with Gasteiger partial charge in [0.25, 0.3) is 5.65 Å². The molecule has 0 aliphatic carbocycles. The Morgan fingerprint density at radius 1 is 1.16 bits per heavy atom. The van der Waals surface area contributed by atoms with Gasteiger partial charge in [-0.1, -0.05) is 12.1 Å². The number of hydrogen-bond donors (Lipinski definition) is 0. The summed E-state index contributed by atoms with van der Waals surface area (Å²) in [6.07, 6.45) is 0.000292. The Kier molecular flexibility index (Phi) is 5.64. The average Bonchev–Trinajstić information content (AvgIpc) is 2.76. The van der Waals surface area contributed by atoms with Gasteiger partial charge in [-0.3, -0.25) is 0 Å². The Bertz CT molecular complexity index is 1370. The summed E-state index contributed by atoms with van der Waals surface area (Å²) in [6.45, 7) is 0.0166. The average molecular weight is 461 g/mol. The van der Waals surface area contributed by atoms with Gasteiger partial charge in [0.2, 0.25) is 0 Å². The van der Waals surface area contributed by atoms with Crippen LogP contribution in [0.4, 0.5) is 17.6 Å². The zero-order valence-corrected chi connectivity index (χ0v) is 17.4. The van der Waals surface area contributed by atoms with Gasteiger partial charge in [-0.05, 0) is 42.2 Å². The quantitative estimate of drug-likeness (QED) is 0.265. The highest BCUT2D eigenvalue weighted by atomic mass is 32.2. The van der Waals surface area contributed by atoms with Crippen molar-refractivity contribution in [1.29, 1.82) is 0 Å². The monoisotopic (exact) mass is 461 g/mol. The standard InChI is InChI=1S/C22H15F4N3O2S/c1-32-17-6-5-13(11-27-17)12-29-18-4-2-3-7-28(18)20(30)19(21(29)31)14-8-15(22(24,25)26)10-16(23)9-14/h2-11H,12H2,1H3. The Hall–Kier alpha value is -3.40. The van der Waals surface area contributed by atoms with E-state index in [1.807, 2.05) is 6.26 Å². The molecule has 0 atom stereocenters. The molecule has 0 bridgehead atoms. The number of alkyl halides is 3. The van der Waals surface area contributed by atoms with E-state index in [-0.39, 0.29) is 12.2 Å². The maximum atomic E-state index is 14.0. The van der Waals surface area contributed by atoms with Crippen molar-refractivity contribution in [3.05, 3.63) is 88.2 Å². The largest absolute Gasteiger partial charge is 0.842 e. The number of halogens is 4. The van der Waals surface area contributed by atoms with Gasteiger partial charge in [-0.2, -0.15) is 17.6 Å². The van der Waals surface area contributed by atoms with Crippen LogP contribution in [0.5, 0.6) is 5.88 Å². The van der Waals surface area contributed by atoms with Gasteiger partial charge < -0.3 is 5.11 Å². The van der Waals surface area contributed by atoms with Gasteiger partial charge in [-0.15, -0.1) is 11.8 Å². The molecule has 0 aliphatic heterocycles. The van der Waals surface area contributed by atoms with Crippen LogP contribution < -0.4 is 15.2 Å². The van der Waals surface area contributed by atoms with Crippen molar-refractivity contribution >= 4 is 17.4 Å². The van der Waals surface area contributed by atoms with Crippen LogP contribution >= 0.6 is 11.8 Å². The van der Waals surface area contributed by atoms with E-state index in [0.29, 0.717) is 17.7 Å². The molecule has 10 heteroatoms. The Morgan fingerprint density at radius 2 is 1.94 bits per heavy atom. The van der Waals surface area contributed by atoms with E-state index in [1.54, 1.807) is 36.5 Å². The van der Waals surface area contributed by atoms with E-state index < -0.39 is 40.1 Å². The molecule has 0 spiro atoms. The Balaban J connectivity index is 1.97. The number of benzene rings is 1. The SMILES string of the molecule is CSc1ccc(C[n+]2c([O-])c(-c3cc(F)cc(C(F)(F)F)c3)c(=O)n3ccccc32)cn1. The van der Waals surface area contributed by atoms with E-state index in [1.165, 1.54) is 22.5 Å². The van der Waals surface area contributed by atoms with E-state index >= 15 is 0 Å². The lowest BCUT2D eigenvalue weighted by Gasteiger charge is -2.18. The lowest BCUT2D eigenvalue weighted by molar-refractivity contribution is -0.708. The van der Waals surface area contributed by atoms with Crippen LogP contribution in [0.25, 0.3) is 16.8 Å². The number of fused-ring (bicyclic) bond motifs is 1. The summed E-state index contributed by atoms with van der Waals surface area (Å²) in [5.74, 6) is -2.02. The zero-order valence-electron chi connectivity index (χ0n) is 16.6. The van der Waals surface area contributed by atoms with E-state index in [0.717, 1.165) is 15.5 Å². The molecule has 4 rings (SSSR count). The number of aromatic nitrogens is 3. The molecule has 164 valence electrons. The highest BCUT2D eigenvalue weighted by Crippen LogP contribution is 2.33. The molecule has 0 N–H and O–H groups in total. The summed E-state index contributed by atoms with van der Waals surface area (Å²) in [5, 5.41) is 14.1. The smallest absolute Gasteiger partial charge is 0.416 e. The minimum Gasteiger partial charge on any atom is -0.842 e. The van der Waals surface area contributed by atoms with Crippen molar-refractivity contribution in [1.82, 2.24) is 9.38 Å². The number of nitrogens with zero attached hydrogens (tertiary/aromatic N) is 3. The number of hydrogen-bond acceptors (Lipinski definition) is 4. The fraction of sp³-hybridized carbons (Fsp3) is 0.136. The zero-order chi connectivity index (χ0) is 23.0.